The highest BCUT2D eigenvalue weighted by Crippen LogP contribution is 2.42. The maximum absolute atomic E-state index is 14.0. The third-order valence-corrected chi connectivity index (χ3v) is 3.74. The van der Waals surface area contributed by atoms with E-state index in [0.29, 0.717) is 23.4 Å². The van der Waals surface area contributed by atoms with Crippen molar-refractivity contribution in [1.29, 1.82) is 0 Å². The Morgan fingerprint density at radius 2 is 1.96 bits per heavy atom. The van der Waals surface area contributed by atoms with E-state index in [9.17, 15) is 13.6 Å². The van der Waals surface area contributed by atoms with Gasteiger partial charge in [-0.25, -0.2) is 0 Å². The van der Waals surface area contributed by atoms with E-state index in [4.69, 9.17) is 4.74 Å². The van der Waals surface area contributed by atoms with Crippen LogP contribution in [0, 0.1) is 6.92 Å². The van der Waals surface area contributed by atoms with Crippen LogP contribution in [0.4, 0.5) is 14.5 Å². The first-order valence-corrected chi connectivity index (χ1v) is 7.35. The summed E-state index contributed by atoms with van der Waals surface area (Å²) in [5.41, 5.74) is 2.29. The molecule has 1 aliphatic heterocycles. The van der Waals surface area contributed by atoms with Crippen LogP contribution >= 0.6 is 0 Å². The number of benzene rings is 1. The molecule has 23 heavy (non-hydrogen) atoms. The number of anilines is 1. The third-order valence-electron chi connectivity index (χ3n) is 3.74. The number of nitrogens with zero attached hydrogens (tertiary/aromatic N) is 2. The molecule has 1 amide bonds. The van der Waals surface area contributed by atoms with Crippen molar-refractivity contribution in [2.75, 3.05) is 4.90 Å². The van der Waals surface area contributed by atoms with Gasteiger partial charge in [-0.1, -0.05) is 25.1 Å². The molecule has 0 N–H and O–H groups in total. The highest BCUT2D eigenvalue weighted by Gasteiger charge is 2.51. The van der Waals surface area contributed by atoms with Gasteiger partial charge in [0.05, 0.1) is 17.9 Å². The number of pyridine rings is 1. The predicted molar refractivity (Wildman–Crippen MR) is 81.6 cm³/mol. The van der Waals surface area contributed by atoms with E-state index in [1.165, 1.54) is 0 Å². The molecular weight excluding hydrogens is 302 g/mol. The summed E-state index contributed by atoms with van der Waals surface area (Å²) in [6.07, 6.45) is -3.34. The van der Waals surface area contributed by atoms with Crippen LogP contribution in [0.15, 0.2) is 36.4 Å². The average molecular weight is 318 g/mol. The maximum Gasteiger partial charge on any atom is 0.483 e. The number of carbonyl (C=O) groups excluding carboxylic acids is 1. The van der Waals surface area contributed by atoms with E-state index in [2.05, 4.69) is 4.98 Å². The van der Waals surface area contributed by atoms with Crippen LogP contribution in [-0.4, -0.2) is 17.0 Å². The molecule has 0 bridgehead atoms. The number of amides is 1. The average Bonchev–Trinajstić information content (AvgIpc) is 2.51. The molecule has 0 radical (unpaired) electrons. The lowest BCUT2D eigenvalue weighted by atomic mass is 10.1. The molecule has 2 aromatic rings. The van der Waals surface area contributed by atoms with Crippen LogP contribution in [0.3, 0.4) is 0 Å². The summed E-state index contributed by atoms with van der Waals surface area (Å²) in [6, 6.07) is 10.4. The lowest BCUT2D eigenvalue weighted by Gasteiger charge is -2.34. The summed E-state index contributed by atoms with van der Waals surface area (Å²) in [5.74, 6) is -1.31. The summed E-state index contributed by atoms with van der Waals surface area (Å²) < 4.78 is 32.7. The van der Waals surface area contributed by atoms with Crippen molar-refractivity contribution in [2.45, 2.75) is 32.9 Å². The lowest BCUT2D eigenvalue weighted by Crippen LogP contribution is -2.50. The number of hydrogen-bond acceptors (Lipinski definition) is 3. The summed E-state index contributed by atoms with van der Waals surface area (Å²) in [7, 11) is 0. The van der Waals surface area contributed by atoms with Gasteiger partial charge in [-0.05, 0) is 37.1 Å². The van der Waals surface area contributed by atoms with Gasteiger partial charge >= 0.3 is 12.0 Å². The molecule has 6 heteroatoms. The quantitative estimate of drug-likeness (QED) is 0.870. The molecule has 0 saturated heterocycles. The zero-order chi connectivity index (χ0) is 16.6. The highest BCUT2D eigenvalue weighted by molar-refractivity contribution is 6.01. The smallest absolute Gasteiger partial charge is 0.423 e. The van der Waals surface area contributed by atoms with Crippen LogP contribution in [0.25, 0.3) is 0 Å². The van der Waals surface area contributed by atoms with Gasteiger partial charge in [-0.3, -0.25) is 14.7 Å². The Balaban J connectivity index is 2.07. The minimum atomic E-state index is -3.87. The van der Waals surface area contributed by atoms with Gasteiger partial charge in [0.25, 0.3) is 0 Å². The first-order chi connectivity index (χ1) is 10.9. The molecule has 2 heterocycles. The van der Waals surface area contributed by atoms with Crippen molar-refractivity contribution >= 4 is 11.6 Å². The summed E-state index contributed by atoms with van der Waals surface area (Å²) >= 11 is 0. The van der Waals surface area contributed by atoms with Crippen molar-refractivity contribution in [3.63, 3.8) is 0 Å². The second-order valence-corrected chi connectivity index (χ2v) is 5.40. The van der Waals surface area contributed by atoms with Crippen molar-refractivity contribution < 1.29 is 18.3 Å². The molecule has 1 aromatic heterocycles. The summed E-state index contributed by atoms with van der Waals surface area (Å²) in [5, 5.41) is 0. The monoisotopic (exact) mass is 318 g/mol. The zero-order valence-corrected chi connectivity index (χ0v) is 12.8. The highest BCUT2D eigenvalue weighted by atomic mass is 19.3. The second kappa shape index (κ2) is 5.61. The Kier molecular flexibility index (Phi) is 3.75. The van der Waals surface area contributed by atoms with E-state index in [0.717, 1.165) is 10.6 Å². The molecule has 0 spiro atoms. The number of aryl methyl sites for hydroxylation is 2. The number of alkyl halides is 2. The van der Waals surface area contributed by atoms with Gasteiger partial charge in [0, 0.05) is 5.69 Å². The minimum absolute atomic E-state index is 0.0281. The fraction of sp³-hybridized carbons (Fsp3) is 0.294. The second-order valence-electron chi connectivity index (χ2n) is 5.40. The van der Waals surface area contributed by atoms with Crippen molar-refractivity contribution in [1.82, 2.24) is 4.98 Å². The number of hydrogen-bond donors (Lipinski definition) is 0. The molecule has 1 aromatic carbocycles. The lowest BCUT2D eigenvalue weighted by molar-refractivity contribution is -0.193. The van der Waals surface area contributed by atoms with Gasteiger partial charge in [-0.2, -0.15) is 8.78 Å². The van der Waals surface area contributed by atoms with E-state index < -0.39 is 12.0 Å². The first-order valence-electron chi connectivity index (χ1n) is 7.35. The standard InChI is InChI=1S/C17H16F2N2O2/c1-3-12-7-5-9-14-15(12)23-17(18,19)16(22)21(14)10-13-8-4-6-11(2)20-13/h4-9H,3,10H2,1-2H3. The molecule has 0 atom stereocenters. The van der Waals surface area contributed by atoms with Crippen LogP contribution in [0.5, 0.6) is 5.75 Å². The van der Waals surface area contributed by atoms with Crippen LogP contribution < -0.4 is 9.64 Å². The normalized spacial score (nSPS) is 16.0. The number of para-hydroxylation sites is 1. The number of rotatable bonds is 3. The number of aromatic nitrogens is 1. The van der Waals surface area contributed by atoms with E-state index in [1.807, 2.05) is 19.9 Å². The van der Waals surface area contributed by atoms with Gasteiger partial charge in [0.15, 0.2) is 5.75 Å². The molecule has 0 unspecified atom stereocenters. The Hall–Kier alpha value is -2.50. The Morgan fingerprint density at radius 1 is 1.22 bits per heavy atom. The number of halogens is 2. The molecular formula is C17H16F2N2O2. The molecule has 120 valence electrons. The Morgan fingerprint density at radius 3 is 2.65 bits per heavy atom. The van der Waals surface area contributed by atoms with E-state index >= 15 is 0 Å². The SMILES string of the molecule is CCc1cccc2c1OC(F)(F)C(=O)N2Cc1cccc(C)n1. The fourth-order valence-electron chi connectivity index (χ4n) is 2.62. The predicted octanol–water partition coefficient (Wildman–Crippen LogP) is 3.47. The molecule has 0 saturated carbocycles. The topological polar surface area (TPSA) is 42.4 Å². The van der Waals surface area contributed by atoms with E-state index in [1.54, 1.807) is 30.3 Å². The summed E-state index contributed by atoms with van der Waals surface area (Å²) in [6.45, 7) is 3.63. The number of fused-ring (bicyclic) bond motifs is 1. The van der Waals surface area contributed by atoms with Gasteiger partial charge < -0.3 is 4.74 Å². The zero-order valence-electron chi connectivity index (χ0n) is 12.8. The number of ether oxygens (including phenoxy) is 1. The summed E-state index contributed by atoms with van der Waals surface area (Å²) in [4.78, 5) is 17.4. The molecule has 4 nitrogen and oxygen atoms in total. The van der Waals surface area contributed by atoms with Gasteiger partial charge in [-0.15, -0.1) is 0 Å². The van der Waals surface area contributed by atoms with Gasteiger partial charge in [0.1, 0.15) is 0 Å². The van der Waals surface area contributed by atoms with Crippen LogP contribution in [-0.2, 0) is 17.8 Å². The van der Waals surface area contributed by atoms with Crippen molar-refractivity contribution in [2.24, 2.45) is 0 Å². The Bertz CT molecular complexity index is 762. The minimum Gasteiger partial charge on any atom is -0.423 e. The maximum atomic E-state index is 14.0. The molecule has 0 fully saturated rings. The van der Waals surface area contributed by atoms with Crippen molar-refractivity contribution in [3.05, 3.63) is 53.3 Å². The molecule has 3 rings (SSSR count). The molecule has 1 aliphatic rings. The van der Waals surface area contributed by atoms with Crippen LogP contribution in [0.1, 0.15) is 23.9 Å². The Labute approximate surface area is 132 Å². The fourth-order valence-corrected chi connectivity index (χ4v) is 2.62. The number of carbonyl (C=O) groups is 1. The van der Waals surface area contributed by atoms with Crippen LogP contribution in [0.2, 0.25) is 0 Å². The first kappa shape index (κ1) is 15.4. The largest absolute Gasteiger partial charge is 0.483 e. The third kappa shape index (κ3) is 2.76. The van der Waals surface area contributed by atoms with Gasteiger partial charge in [0.2, 0.25) is 0 Å². The van der Waals surface area contributed by atoms with Crippen molar-refractivity contribution in [3.8, 4) is 5.75 Å². The molecule has 0 aliphatic carbocycles. The van der Waals surface area contributed by atoms with E-state index in [-0.39, 0.29) is 12.3 Å².